The predicted molar refractivity (Wildman–Crippen MR) is 246 cm³/mol. The fourth-order valence-corrected chi connectivity index (χ4v) is 8.86. The molecular formula is C55H34N4O. The Kier molecular flexibility index (Phi) is 7.78. The number of hydrogen-bond acceptors (Lipinski definition) is 4. The van der Waals surface area contributed by atoms with Crippen molar-refractivity contribution >= 4 is 54.6 Å². The first kappa shape index (κ1) is 33.9. The molecule has 0 radical (unpaired) electrons. The van der Waals surface area contributed by atoms with Crippen LogP contribution < -0.4 is 0 Å². The van der Waals surface area contributed by atoms with E-state index in [2.05, 4.69) is 168 Å². The van der Waals surface area contributed by atoms with E-state index in [0.29, 0.717) is 5.82 Å². The van der Waals surface area contributed by atoms with Crippen LogP contribution in [0.5, 0.6) is 0 Å². The number of nitrogens with zero attached hydrogens (tertiary/aromatic N) is 4. The van der Waals surface area contributed by atoms with Crippen molar-refractivity contribution in [1.82, 2.24) is 19.5 Å². The van der Waals surface area contributed by atoms with Crippen LogP contribution in [0.3, 0.4) is 0 Å². The lowest BCUT2D eigenvalue weighted by Gasteiger charge is -2.14. The van der Waals surface area contributed by atoms with Crippen molar-refractivity contribution < 1.29 is 4.42 Å². The molecule has 12 rings (SSSR count). The van der Waals surface area contributed by atoms with Gasteiger partial charge in [0.25, 0.3) is 0 Å². The molecule has 0 N–H and O–H groups in total. The van der Waals surface area contributed by atoms with Crippen LogP contribution >= 0.6 is 0 Å². The molecule has 0 saturated carbocycles. The zero-order valence-electron chi connectivity index (χ0n) is 32.3. The molecule has 0 atom stereocenters. The number of hydrogen-bond donors (Lipinski definition) is 0. The molecular weight excluding hydrogens is 733 g/mol. The Hall–Kier alpha value is -8.15. The van der Waals surface area contributed by atoms with Gasteiger partial charge in [-0.05, 0) is 101 Å². The van der Waals surface area contributed by atoms with E-state index in [1.54, 1.807) is 0 Å². The summed E-state index contributed by atoms with van der Waals surface area (Å²) in [7, 11) is 0. The first-order valence-electron chi connectivity index (χ1n) is 20.2. The second-order valence-corrected chi connectivity index (χ2v) is 15.2. The molecule has 280 valence electrons. The van der Waals surface area contributed by atoms with Crippen LogP contribution in [-0.2, 0) is 0 Å². The molecule has 4 heterocycles. The number of aromatic nitrogens is 4. The first-order chi connectivity index (χ1) is 29.7. The highest BCUT2D eigenvalue weighted by molar-refractivity contribution is 6.11. The maximum atomic E-state index is 6.55. The Morgan fingerprint density at radius 1 is 0.383 bits per heavy atom. The lowest BCUT2D eigenvalue weighted by atomic mass is 9.92. The van der Waals surface area contributed by atoms with Crippen molar-refractivity contribution in [2.75, 3.05) is 0 Å². The van der Waals surface area contributed by atoms with E-state index in [0.717, 1.165) is 94.4 Å². The Labute approximate surface area is 345 Å². The lowest BCUT2D eigenvalue weighted by molar-refractivity contribution is 0.670. The lowest BCUT2D eigenvalue weighted by Crippen LogP contribution is -1.97. The molecule has 0 unspecified atom stereocenters. The van der Waals surface area contributed by atoms with Crippen LogP contribution in [-0.4, -0.2) is 19.5 Å². The van der Waals surface area contributed by atoms with Gasteiger partial charge in [0.2, 0.25) is 0 Å². The summed E-state index contributed by atoms with van der Waals surface area (Å²) in [5.41, 5.74) is 14.9. The molecule has 0 amide bonds. The van der Waals surface area contributed by atoms with E-state index >= 15 is 0 Å². The van der Waals surface area contributed by atoms with E-state index in [-0.39, 0.29) is 0 Å². The van der Waals surface area contributed by atoms with Gasteiger partial charge < -0.3 is 8.98 Å². The molecule has 0 aliphatic heterocycles. The summed E-state index contributed by atoms with van der Waals surface area (Å²) in [6.45, 7) is 0. The summed E-state index contributed by atoms with van der Waals surface area (Å²) >= 11 is 0. The van der Waals surface area contributed by atoms with E-state index in [1.807, 2.05) is 42.6 Å². The average molecular weight is 767 g/mol. The molecule has 4 aromatic heterocycles. The van der Waals surface area contributed by atoms with Gasteiger partial charge in [-0.3, -0.25) is 4.98 Å². The van der Waals surface area contributed by atoms with Gasteiger partial charge in [-0.25, -0.2) is 9.97 Å². The first-order valence-corrected chi connectivity index (χ1v) is 20.2. The zero-order valence-corrected chi connectivity index (χ0v) is 32.3. The summed E-state index contributed by atoms with van der Waals surface area (Å²) in [4.78, 5) is 15.3. The molecule has 12 aromatic rings. The van der Waals surface area contributed by atoms with Crippen LogP contribution in [0.1, 0.15) is 0 Å². The van der Waals surface area contributed by atoms with Gasteiger partial charge in [0.15, 0.2) is 5.82 Å². The third-order valence-electron chi connectivity index (χ3n) is 11.6. The quantitative estimate of drug-likeness (QED) is 0.169. The van der Waals surface area contributed by atoms with E-state index in [4.69, 9.17) is 19.4 Å². The number of benzene rings is 8. The molecule has 0 aliphatic carbocycles. The van der Waals surface area contributed by atoms with Gasteiger partial charge in [-0.15, -0.1) is 0 Å². The highest BCUT2D eigenvalue weighted by atomic mass is 16.3. The maximum absolute atomic E-state index is 6.55. The summed E-state index contributed by atoms with van der Waals surface area (Å²) < 4.78 is 8.91. The second kappa shape index (κ2) is 13.8. The smallest absolute Gasteiger partial charge is 0.160 e. The largest absolute Gasteiger partial charge is 0.455 e. The van der Waals surface area contributed by atoms with E-state index in [9.17, 15) is 0 Å². The van der Waals surface area contributed by atoms with Crippen LogP contribution in [0.15, 0.2) is 211 Å². The molecule has 0 spiro atoms. The van der Waals surface area contributed by atoms with Crippen LogP contribution in [0, 0.1) is 0 Å². The maximum Gasteiger partial charge on any atom is 0.160 e. The standard InChI is InChI=1S/C55H34N4O/c1-3-14-35(15-4-1)55-57-49(34-50(58-55)46-22-11-21-45-44-19-8-10-26-53(44)60-54(45)46)39-31-37(30-38(32-39)41-20-12-24-48-42(41)23-13-29-56-48)36-27-28-52-47(33-36)43-18-7-9-25-51(43)59(52)40-16-5-2-6-17-40/h1-34H. The topological polar surface area (TPSA) is 56.7 Å². The highest BCUT2D eigenvalue weighted by Gasteiger charge is 2.19. The zero-order chi connectivity index (χ0) is 39.6. The Morgan fingerprint density at radius 3 is 1.97 bits per heavy atom. The minimum atomic E-state index is 0.646. The summed E-state index contributed by atoms with van der Waals surface area (Å²) in [6, 6.07) is 70.3. The Balaban J connectivity index is 1.11. The molecule has 0 saturated heterocycles. The Morgan fingerprint density at radius 2 is 1.07 bits per heavy atom. The van der Waals surface area contributed by atoms with E-state index in [1.165, 1.54) is 16.3 Å². The fraction of sp³-hybridized carbons (Fsp3) is 0. The molecule has 0 fully saturated rings. The highest BCUT2D eigenvalue weighted by Crippen LogP contribution is 2.41. The summed E-state index contributed by atoms with van der Waals surface area (Å²) in [5, 5.41) is 5.64. The SMILES string of the molecule is c1ccc(-c2nc(-c3cc(-c4ccc5c(c4)c4ccccc4n5-c4ccccc4)cc(-c4cccc5ncccc45)c3)cc(-c3cccc4c3oc3ccccc34)n2)cc1. The predicted octanol–water partition coefficient (Wildman–Crippen LogP) is 14.4. The van der Waals surface area contributed by atoms with Crippen LogP contribution in [0.25, 0.3) is 116 Å². The molecule has 0 aliphatic rings. The molecule has 5 nitrogen and oxygen atoms in total. The molecule has 5 heteroatoms. The van der Waals surface area contributed by atoms with E-state index < -0.39 is 0 Å². The van der Waals surface area contributed by atoms with Crippen molar-refractivity contribution in [3.05, 3.63) is 206 Å². The van der Waals surface area contributed by atoms with Crippen molar-refractivity contribution in [3.8, 4) is 61.8 Å². The van der Waals surface area contributed by atoms with Gasteiger partial charge in [0, 0.05) is 55.5 Å². The van der Waals surface area contributed by atoms with Gasteiger partial charge >= 0.3 is 0 Å². The van der Waals surface area contributed by atoms with Gasteiger partial charge in [0.1, 0.15) is 11.2 Å². The van der Waals surface area contributed by atoms with Crippen LogP contribution in [0.4, 0.5) is 0 Å². The normalized spacial score (nSPS) is 11.7. The number of furan rings is 1. The van der Waals surface area contributed by atoms with Crippen molar-refractivity contribution in [1.29, 1.82) is 0 Å². The monoisotopic (exact) mass is 766 g/mol. The second-order valence-electron chi connectivity index (χ2n) is 15.2. The van der Waals surface area contributed by atoms with Crippen molar-refractivity contribution in [2.24, 2.45) is 0 Å². The van der Waals surface area contributed by atoms with Crippen LogP contribution in [0.2, 0.25) is 0 Å². The number of para-hydroxylation sites is 4. The minimum absolute atomic E-state index is 0.646. The average Bonchev–Trinajstić information content (AvgIpc) is 3.87. The number of rotatable bonds is 6. The fourth-order valence-electron chi connectivity index (χ4n) is 8.86. The minimum Gasteiger partial charge on any atom is -0.455 e. The third-order valence-corrected chi connectivity index (χ3v) is 11.6. The van der Waals surface area contributed by atoms with Crippen molar-refractivity contribution in [2.45, 2.75) is 0 Å². The molecule has 8 aromatic carbocycles. The van der Waals surface area contributed by atoms with Gasteiger partial charge in [-0.1, -0.05) is 121 Å². The van der Waals surface area contributed by atoms with Crippen molar-refractivity contribution in [3.63, 3.8) is 0 Å². The third kappa shape index (κ3) is 5.59. The molecule has 60 heavy (non-hydrogen) atoms. The number of pyridine rings is 1. The number of fused-ring (bicyclic) bond motifs is 7. The van der Waals surface area contributed by atoms with Gasteiger partial charge in [0.05, 0.1) is 27.9 Å². The summed E-state index contributed by atoms with van der Waals surface area (Å²) in [5.74, 6) is 0.646. The summed E-state index contributed by atoms with van der Waals surface area (Å²) in [6.07, 6.45) is 1.85. The Bertz CT molecular complexity index is 3600. The van der Waals surface area contributed by atoms with Gasteiger partial charge in [-0.2, -0.15) is 0 Å². The molecule has 0 bridgehead atoms.